The van der Waals surface area contributed by atoms with Crippen molar-refractivity contribution in [3.63, 3.8) is 0 Å². The van der Waals surface area contributed by atoms with E-state index in [1.807, 2.05) is 6.92 Å². The number of halogens is 1. The minimum Gasteiger partial charge on any atom is -0.330 e. The van der Waals surface area contributed by atoms with Crippen LogP contribution >= 0.6 is 12.4 Å². The van der Waals surface area contributed by atoms with Crippen LogP contribution in [0.15, 0.2) is 4.90 Å². The summed E-state index contributed by atoms with van der Waals surface area (Å²) in [4.78, 5) is 0.333. The van der Waals surface area contributed by atoms with Gasteiger partial charge in [0.25, 0.3) is 0 Å². The molecule has 0 aromatic carbocycles. The van der Waals surface area contributed by atoms with Gasteiger partial charge >= 0.3 is 0 Å². The Balaban J connectivity index is 0.00000288. The summed E-state index contributed by atoms with van der Waals surface area (Å²) in [5.74, 6) is 0.640. The minimum absolute atomic E-state index is 0. The van der Waals surface area contributed by atoms with Gasteiger partial charge in [-0.2, -0.15) is 5.10 Å². The molecular formula is C16H31ClN4O2S. The zero-order valence-electron chi connectivity index (χ0n) is 15.1. The number of aromatic nitrogens is 2. The van der Waals surface area contributed by atoms with Crippen LogP contribution < -0.4 is 10.5 Å². The average molecular weight is 379 g/mol. The smallest absolute Gasteiger partial charge is 0.244 e. The molecule has 0 saturated heterocycles. The lowest BCUT2D eigenvalue weighted by atomic mass is 9.85. The predicted molar refractivity (Wildman–Crippen MR) is 98.9 cm³/mol. The number of aryl methyl sites for hydroxylation is 1. The Hall–Kier alpha value is -0.630. The fourth-order valence-corrected chi connectivity index (χ4v) is 5.25. The van der Waals surface area contributed by atoms with E-state index in [0.717, 1.165) is 32.2 Å². The van der Waals surface area contributed by atoms with Gasteiger partial charge in [-0.1, -0.05) is 26.7 Å². The first-order valence-corrected chi connectivity index (χ1v) is 10.0. The van der Waals surface area contributed by atoms with Crippen LogP contribution in [0.25, 0.3) is 0 Å². The van der Waals surface area contributed by atoms with Crippen molar-refractivity contribution in [1.82, 2.24) is 14.5 Å². The third-order valence-corrected chi connectivity index (χ3v) is 6.38. The molecule has 1 aromatic heterocycles. The lowest BCUT2D eigenvalue weighted by Crippen LogP contribution is -2.44. The van der Waals surface area contributed by atoms with Gasteiger partial charge in [-0.3, -0.25) is 4.68 Å². The summed E-state index contributed by atoms with van der Waals surface area (Å²) < 4.78 is 30.5. The summed E-state index contributed by atoms with van der Waals surface area (Å²) >= 11 is 0. The fourth-order valence-electron chi connectivity index (χ4n) is 3.50. The number of sulfonamides is 1. The Bertz CT molecular complexity index is 643. The van der Waals surface area contributed by atoms with Crippen molar-refractivity contribution in [3.05, 3.63) is 11.4 Å². The molecule has 0 spiro atoms. The summed E-state index contributed by atoms with van der Waals surface area (Å²) in [6, 6.07) is -0.0639. The molecule has 2 atom stereocenters. The normalized spacial score (nSPS) is 21.8. The Morgan fingerprint density at radius 2 is 1.92 bits per heavy atom. The molecule has 24 heavy (non-hydrogen) atoms. The van der Waals surface area contributed by atoms with Crippen molar-refractivity contribution in [2.75, 3.05) is 6.54 Å². The van der Waals surface area contributed by atoms with Gasteiger partial charge in [0.1, 0.15) is 4.90 Å². The molecule has 2 rings (SSSR count). The maximum absolute atomic E-state index is 12.9. The lowest BCUT2D eigenvalue weighted by Gasteiger charge is -2.31. The van der Waals surface area contributed by atoms with Crippen molar-refractivity contribution < 1.29 is 8.42 Å². The van der Waals surface area contributed by atoms with Crippen molar-refractivity contribution in [2.45, 2.75) is 70.9 Å². The zero-order valence-corrected chi connectivity index (χ0v) is 16.7. The molecule has 0 aliphatic heterocycles. The van der Waals surface area contributed by atoms with E-state index < -0.39 is 10.0 Å². The molecule has 0 amide bonds. The SMILES string of the molecule is Cc1nn(CC(C)C)c(C)c1S(=O)(=O)NC1CCCCC1CN.Cl. The van der Waals surface area contributed by atoms with Crippen molar-refractivity contribution >= 4 is 22.4 Å². The van der Waals surface area contributed by atoms with Crippen molar-refractivity contribution in [1.29, 1.82) is 0 Å². The molecule has 3 N–H and O–H groups in total. The maximum Gasteiger partial charge on any atom is 0.244 e. The van der Waals surface area contributed by atoms with Crippen molar-refractivity contribution in [3.8, 4) is 0 Å². The fraction of sp³-hybridized carbons (Fsp3) is 0.812. The molecule has 1 aromatic rings. The average Bonchev–Trinajstić information content (AvgIpc) is 2.73. The van der Waals surface area contributed by atoms with Gasteiger partial charge in [0.15, 0.2) is 0 Å². The van der Waals surface area contributed by atoms with Gasteiger partial charge in [-0.15, -0.1) is 12.4 Å². The summed E-state index contributed by atoms with van der Waals surface area (Å²) in [5, 5.41) is 4.42. The second-order valence-electron chi connectivity index (χ2n) is 7.08. The van der Waals surface area contributed by atoms with E-state index in [1.165, 1.54) is 0 Å². The van der Waals surface area contributed by atoms with Crippen LogP contribution in [0.4, 0.5) is 0 Å². The Morgan fingerprint density at radius 3 is 2.50 bits per heavy atom. The van der Waals surface area contributed by atoms with E-state index in [0.29, 0.717) is 28.7 Å². The molecule has 6 nitrogen and oxygen atoms in total. The Labute approximate surface area is 152 Å². The second-order valence-corrected chi connectivity index (χ2v) is 8.73. The number of hydrogen-bond donors (Lipinski definition) is 2. The maximum atomic E-state index is 12.9. The van der Waals surface area contributed by atoms with Gasteiger partial charge in [0.2, 0.25) is 10.0 Å². The van der Waals surface area contributed by atoms with E-state index in [9.17, 15) is 8.42 Å². The van der Waals surface area contributed by atoms with Crippen LogP contribution in [0.1, 0.15) is 50.9 Å². The third-order valence-electron chi connectivity index (χ3n) is 4.64. The number of nitrogens with two attached hydrogens (primary N) is 1. The molecule has 0 radical (unpaired) electrons. The largest absolute Gasteiger partial charge is 0.330 e. The van der Waals surface area contributed by atoms with Crippen LogP contribution in [0.2, 0.25) is 0 Å². The van der Waals surface area contributed by atoms with E-state index in [2.05, 4.69) is 23.7 Å². The number of nitrogens with one attached hydrogen (secondary N) is 1. The van der Waals surface area contributed by atoms with Crippen LogP contribution in [0, 0.1) is 25.7 Å². The number of rotatable bonds is 6. The topological polar surface area (TPSA) is 90.0 Å². The summed E-state index contributed by atoms with van der Waals surface area (Å²) in [6.07, 6.45) is 4.03. The predicted octanol–water partition coefficient (Wildman–Crippen LogP) is 2.37. The van der Waals surface area contributed by atoms with Crippen LogP contribution in [-0.2, 0) is 16.6 Å². The molecule has 1 heterocycles. The highest BCUT2D eigenvalue weighted by molar-refractivity contribution is 7.89. The van der Waals surface area contributed by atoms with Crippen molar-refractivity contribution in [2.24, 2.45) is 17.6 Å². The minimum atomic E-state index is -3.57. The highest BCUT2D eigenvalue weighted by Crippen LogP contribution is 2.27. The first-order valence-electron chi connectivity index (χ1n) is 8.52. The van der Waals surface area contributed by atoms with Gasteiger partial charge < -0.3 is 5.73 Å². The molecule has 1 aliphatic rings. The summed E-state index contributed by atoms with van der Waals surface area (Å²) in [5.41, 5.74) is 7.10. The third kappa shape index (κ3) is 4.71. The molecule has 1 fully saturated rings. The van der Waals surface area contributed by atoms with Gasteiger partial charge in [0, 0.05) is 12.6 Å². The highest BCUT2D eigenvalue weighted by atomic mass is 35.5. The molecule has 2 unspecified atom stereocenters. The van der Waals surface area contributed by atoms with Crippen LogP contribution in [0.3, 0.4) is 0 Å². The van der Waals surface area contributed by atoms with E-state index >= 15 is 0 Å². The first-order chi connectivity index (χ1) is 10.8. The summed E-state index contributed by atoms with van der Waals surface area (Å²) in [6.45, 7) is 9.03. The second kappa shape index (κ2) is 8.65. The molecule has 1 aliphatic carbocycles. The summed E-state index contributed by atoms with van der Waals surface area (Å²) in [7, 11) is -3.57. The molecule has 140 valence electrons. The van der Waals surface area contributed by atoms with E-state index in [-0.39, 0.29) is 24.4 Å². The molecule has 1 saturated carbocycles. The Kier molecular flexibility index (Phi) is 7.72. The standard InChI is InChI=1S/C16H30N4O2S.ClH/c1-11(2)10-20-13(4)16(12(3)18-20)23(21,22)19-15-8-6-5-7-14(15)9-17;/h11,14-15,19H,5-10,17H2,1-4H3;1H. The van der Waals surface area contributed by atoms with Gasteiger partial charge in [0.05, 0.1) is 11.4 Å². The van der Waals surface area contributed by atoms with Gasteiger partial charge in [-0.25, -0.2) is 13.1 Å². The van der Waals surface area contributed by atoms with Crippen LogP contribution in [0.5, 0.6) is 0 Å². The lowest BCUT2D eigenvalue weighted by molar-refractivity contribution is 0.296. The number of hydrogen-bond acceptors (Lipinski definition) is 4. The molecule has 8 heteroatoms. The van der Waals surface area contributed by atoms with E-state index in [1.54, 1.807) is 11.6 Å². The van der Waals surface area contributed by atoms with Gasteiger partial charge in [-0.05, 0) is 45.1 Å². The molecule has 0 bridgehead atoms. The quantitative estimate of drug-likeness (QED) is 0.795. The first kappa shape index (κ1) is 21.4. The molecular weight excluding hydrogens is 348 g/mol. The zero-order chi connectivity index (χ0) is 17.2. The monoisotopic (exact) mass is 378 g/mol. The van der Waals surface area contributed by atoms with Crippen LogP contribution in [-0.4, -0.2) is 30.8 Å². The van der Waals surface area contributed by atoms with E-state index in [4.69, 9.17) is 5.73 Å². The number of nitrogens with zero attached hydrogens (tertiary/aromatic N) is 2. The highest BCUT2D eigenvalue weighted by Gasteiger charge is 2.31. The Morgan fingerprint density at radius 1 is 1.29 bits per heavy atom.